The Morgan fingerprint density at radius 2 is 2.06 bits per heavy atom. The second-order valence-electron chi connectivity index (χ2n) is 4.14. The van der Waals surface area contributed by atoms with E-state index in [4.69, 9.17) is 5.73 Å². The zero-order chi connectivity index (χ0) is 12.6. The smallest absolute Gasteiger partial charge is 0.236 e. The summed E-state index contributed by atoms with van der Waals surface area (Å²) in [6.07, 6.45) is 5.17. The van der Waals surface area contributed by atoms with Gasteiger partial charge in [-0.2, -0.15) is 0 Å². The Labute approximate surface area is 101 Å². The fourth-order valence-electron chi connectivity index (χ4n) is 1.25. The van der Waals surface area contributed by atoms with Gasteiger partial charge in [0.05, 0.1) is 6.04 Å². The molecule has 0 aliphatic carbocycles. The molecule has 0 saturated carbocycles. The number of nitrogens with two attached hydrogens (primary N) is 1. The molecule has 0 heterocycles. The van der Waals surface area contributed by atoms with Crippen LogP contribution in [-0.2, 0) is 15.6 Å². The van der Waals surface area contributed by atoms with Crippen LogP contribution in [0.2, 0.25) is 0 Å². The predicted octanol–water partition coefficient (Wildman–Crippen LogP) is 0.777. The van der Waals surface area contributed by atoms with Crippen molar-refractivity contribution in [2.45, 2.75) is 50.8 Å². The largest absolute Gasteiger partial charge is 0.355 e. The minimum atomic E-state index is -0.823. The van der Waals surface area contributed by atoms with E-state index < -0.39 is 16.8 Å². The summed E-state index contributed by atoms with van der Waals surface area (Å²) in [4.78, 5) is 11.5. The zero-order valence-electron chi connectivity index (χ0n) is 10.5. The Morgan fingerprint density at radius 3 is 2.56 bits per heavy atom. The molecule has 0 aromatic heterocycles. The van der Waals surface area contributed by atoms with Crippen molar-refractivity contribution in [3.8, 4) is 0 Å². The van der Waals surface area contributed by atoms with Gasteiger partial charge in [0.15, 0.2) is 0 Å². The molecule has 96 valence electrons. The lowest BCUT2D eigenvalue weighted by atomic mass is 10.1. The maximum atomic E-state index is 11.5. The quantitative estimate of drug-likeness (QED) is 0.666. The van der Waals surface area contributed by atoms with Crippen LogP contribution in [-0.4, -0.2) is 34.2 Å². The first kappa shape index (κ1) is 15.6. The molecule has 0 aromatic carbocycles. The van der Waals surface area contributed by atoms with E-state index in [9.17, 15) is 9.00 Å². The van der Waals surface area contributed by atoms with Crippen LogP contribution < -0.4 is 11.1 Å². The third-order valence-electron chi connectivity index (χ3n) is 2.62. The van der Waals surface area contributed by atoms with E-state index in [0.717, 1.165) is 25.7 Å². The first-order valence-electron chi connectivity index (χ1n) is 5.84. The van der Waals surface area contributed by atoms with Crippen LogP contribution in [0, 0.1) is 0 Å². The predicted molar refractivity (Wildman–Crippen MR) is 68.7 cm³/mol. The van der Waals surface area contributed by atoms with E-state index in [-0.39, 0.29) is 11.2 Å². The third kappa shape index (κ3) is 6.95. The Kier molecular flexibility index (Phi) is 8.47. The van der Waals surface area contributed by atoms with E-state index in [1.807, 2.05) is 6.92 Å². The number of carbonyl (C=O) groups is 1. The van der Waals surface area contributed by atoms with Crippen molar-refractivity contribution >= 4 is 16.7 Å². The van der Waals surface area contributed by atoms with E-state index in [2.05, 4.69) is 12.2 Å². The molecule has 0 aromatic rings. The third-order valence-corrected chi connectivity index (χ3v) is 3.99. The van der Waals surface area contributed by atoms with E-state index in [1.54, 1.807) is 6.26 Å². The van der Waals surface area contributed by atoms with Gasteiger partial charge in [-0.3, -0.25) is 9.00 Å². The minimum absolute atomic E-state index is 0.0949. The molecule has 3 unspecified atom stereocenters. The van der Waals surface area contributed by atoms with Crippen molar-refractivity contribution in [1.82, 2.24) is 5.32 Å². The molecule has 5 heteroatoms. The fraction of sp³-hybridized carbons (Fsp3) is 0.909. The number of carbonyl (C=O) groups excluding carboxylic acids is 1. The number of hydrogen-bond acceptors (Lipinski definition) is 3. The van der Waals surface area contributed by atoms with Gasteiger partial charge in [0.25, 0.3) is 0 Å². The number of amides is 1. The average molecular weight is 248 g/mol. The van der Waals surface area contributed by atoms with Gasteiger partial charge in [0.1, 0.15) is 0 Å². The number of nitrogens with one attached hydrogen (secondary N) is 1. The van der Waals surface area contributed by atoms with Gasteiger partial charge in [-0.05, 0) is 12.8 Å². The molecule has 3 atom stereocenters. The molecule has 0 bridgehead atoms. The Morgan fingerprint density at radius 1 is 1.44 bits per heavy atom. The molecule has 0 radical (unpaired) electrons. The van der Waals surface area contributed by atoms with Crippen LogP contribution in [0.5, 0.6) is 0 Å². The lowest BCUT2D eigenvalue weighted by Crippen LogP contribution is -2.41. The van der Waals surface area contributed by atoms with Crippen molar-refractivity contribution < 1.29 is 9.00 Å². The Hall–Kier alpha value is -0.420. The molecule has 0 aliphatic heterocycles. The van der Waals surface area contributed by atoms with Crippen LogP contribution in [0.1, 0.15) is 39.5 Å². The Balaban J connectivity index is 3.68. The van der Waals surface area contributed by atoms with Crippen molar-refractivity contribution in [3.63, 3.8) is 0 Å². The van der Waals surface area contributed by atoms with Crippen molar-refractivity contribution in [1.29, 1.82) is 0 Å². The maximum Gasteiger partial charge on any atom is 0.236 e. The van der Waals surface area contributed by atoms with Crippen LogP contribution in [0.15, 0.2) is 0 Å². The topological polar surface area (TPSA) is 72.2 Å². The SMILES string of the molecule is CCCCC(N)C(=O)NCCC(C)S(C)=O. The van der Waals surface area contributed by atoms with Gasteiger partial charge in [-0.25, -0.2) is 0 Å². The molecule has 3 N–H and O–H groups in total. The van der Waals surface area contributed by atoms with Gasteiger partial charge in [0, 0.05) is 28.9 Å². The van der Waals surface area contributed by atoms with Crippen molar-refractivity contribution in [3.05, 3.63) is 0 Å². The van der Waals surface area contributed by atoms with Gasteiger partial charge < -0.3 is 11.1 Å². The fourth-order valence-corrected chi connectivity index (χ4v) is 1.70. The summed E-state index contributed by atoms with van der Waals surface area (Å²) in [5.41, 5.74) is 5.71. The molecule has 1 amide bonds. The second kappa shape index (κ2) is 8.70. The summed E-state index contributed by atoms with van der Waals surface area (Å²) in [7, 11) is -0.823. The minimum Gasteiger partial charge on any atom is -0.355 e. The summed E-state index contributed by atoms with van der Waals surface area (Å²) in [5.74, 6) is -0.0949. The zero-order valence-corrected chi connectivity index (χ0v) is 11.3. The van der Waals surface area contributed by atoms with Crippen LogP contribution in [0.25, 0.3) is 0 Å². The van der Waals surface area contributed by atoms with Gasteiger partial charge in [-0.1, -0.05) is 26.7 Å². The number of hydrogen-bond donors (Lipinski definition) is 2. The summed E-state index contributed by atoms with van der Waals surface area (Å²) in [6, 6.07) is -0.401. The molecule has 0 aliphatic rings. The maximum absolute atomic E-state index is 11.5. The van der Waals surface area contributed by atoms with Gasteiger partial charge in [0.2, 0.25) is 5.91 Å². The Bertz CT molecular complexity index is 234. The molecule has 0 fully saturated rings. The molecule has 0 rings (SSSR count). The molecule has 4 nitrogen and oxygen atoms in total. The highest BCUT2D eigenvalue weighted by Crippen LogP contribution is 2.00. The van der Waals surface area contributed by atoms with Crippen molar-refractivity contribution in [2.24, 2.45) is 5.73 Å². The first-order valence-corrected chi connectivity index (χ1v) is 7.46. The van der Waals surface area contributed by atoms with E-state index in [1.165, 1.54) is 0 Å². The molecule has 0 spiro atoms. The summed E-state index contributed by atoms with van der Waals surface area (Å²) >= 11 is 0. The first-order chi connectivity index (χ1) is 7.49. The highest BCUT2D eigenvalue weighted by Gasteiger charge is 2.12. The molecule has 0 saturated heterocycles. The lowest BCUT2D eigenvalue weighted by Gasteiger charge is -2.13. The molecule has 16 heavy (non-hydrogen) atoms. The normalized spacial score (nSPS) is 16.5. The van der Waals surface area contributed by atoms with E-state index >= 15 is 0 Å². The van der Waals surface area contributed by atoms with Gasteiger partial charge in [-0.15, -0.1) is 0 Å². The highest BCUT2D eigenvalue weighted by atomic mass is 32.2. The second-order valence-corrected chi connectivity index (χ2v) is 5.94. The van der Waals surface area contributed by atoms with E-state index in [0.29, 0.717) is 6.54 Å². The number of unbranched alkanes of at least 4 members (excludes halogenated alkanes) is 1. The summed E-state index contributed by atoms with van der Waals surface area (Å²) < 4.78 is 11.1. The van der Waals surface area contributed by atoms with Crippen LogP contribution >= 0.6 is 0 Å². The molecular weight excluding hydrogens is 224 g/mol. The summed E-state index contributed by atoms with van der Waals surface area (Å²) in [5, 5.41) is 2.90. The van der Waals surface area contributed by atoms with Crippen LogP contribution in [0.3, 0.4) is 0 Å². The molecular formula is C11H24N2O2S. The monoisotopic (exact) mass is 248 g/mol. The highest BCUT2D eigenvalue weighted by molar-refractivity contribution is 7.84. The van der Waals surface area contributed by atoms with Crippen molar-refractivity contribution in [2.75, 3.05) is 12.8 Å². The summed E-state index contributed by atoms with van der Waals surface area (Å²) in [6.45, 7) is 4.54. The van der Waals surface area contributed by atoms with Crippen LogP contribution in [0.4, 0.5) is 0 Å². The number of rotatable bonds is 8. The lowest BCUT2D eigenvalue weighted by molar-refractivity contribution is -0.122. The standard InChI is InChI=1S/C11H24N2O2S/c1-4-5-6-10(12)11(14)13-8-7-9(2)16(3)15/h9-10H,4-8,12H2,1-3H3,(H,13,14). The van der Waals surface area contributed by atoms with Gasteiger partial charge >= 0.3 is 0 Å². The average Bonchev–Trinajstić information content (AvgIpc) is 2.25.